The summed E-state index contributed by atoms with van der Waals surface area (Å²) in [4.78, 5) is 11.2. The number of carbonyl (C=O) groups excluding carboxylic acids is 1. The van der Waals surface area contributed by atoms with Crippen LogP contribution in [0.2, 0.25) is 0 Å². The molecule has 93 valence electrons. The fraction of sp³-hybridized carbons (Fsp3) is 0.929. The Kier molecular flexibility index (Phi) is 13.9. The zero-order valence-electron chi connectivity index (χ0n) is 11.3. The van der Waals surface area contributed by atoms with Gasteiger partial charge in [0.2, 0.25) is 6.29 Å². The van der Waals surface area contributed by atoms with Gasteiger partial charge in [-0.25, -0.2) is 0 Å². The largest absolute Gasteiger partial charge is 0.290 e. The van der Waals surface area contributed by atoms with E-state index in [4.69, 9.17) is 0 Å². The molecule has 0 amide bonds. The van der Waals surface area contributed by atoms with Gasteiger partial charge in [0, 0.05) is 27.1 Å². The van der Waals surface area contributed by atoms with Crippen LogP contribution >= 0.6 is 0 Å². The van der Waals surface area contributed by atoms with E-state index in [0.717, 1.165) is 19.3 Å². The van der Waals surface area contributed by atoms with Crippen molar-refractivity contribution in [1.29, 1.82) is 0 Å². The van der Waals surface area contributed by atoms with E-state index in [1.807, 2.05) is 0 Å². The van der Waals surface area contributed by atoms with Crippen molar-refractivity contribution in [3.63, 3.8) is 0 Å². The molecule has 0 spiro atoms. The van der Waals surface area contributed by atoms with E-state index >= 15 is 0 Å². The van der Waals surface area contributed by atoms with Crippen molar-refractivity contribution in [2.45, 2.75) is 78.6 Å². The minimum atomic E-state index is -0.109. The third-order valence-corrected chi connectivity index (χ3v) is 3.24. The molecule has 16 heavy (non-hydrogen) atoms. The Labute approximate surface area is 117 Å². The SMILES string of the molecule is CCCCC([C]=O)(CCCC)CCCC.[Ti]. The summed E-state index contributed by atoms with van der Waals surface area (Å²) in [7, 11) is 0. The minimum Gasteiger partial charge on any atom is -0.290 e. The molecule has 0 aromatic heterocycles. The third kappa shape index (κ3) is 7.62. The molecule has 1 nitrogen and oxygen atoms in total. The van der Waals surface area contributed by atoms with Gasteiger partial charge in [-0.1, -0.05) is 59.3 Å². The van der Waals surface area contributed by atoms with Crippen LogP contribution < -0.4 is 0 Å². The van der Waals surface area contributed by atoms with Crippen LogP contribution in [0.5, 0.6) is 0 Å². The van der Waals surface area contributed by atoms with Crippen LogP contribution in [-0.2, 0) is 26.5 Å². The Morgan fingerprint density at radius 3 is 1.31 bits per heavy atom. The summed E-state index contributed by atoms with van der Waals surface area (Å²) in [6.45, 7) is 6.57. The van der Waals surface area contributed by atoms with Gasteiger partial charge in [0.25, 0.3) is 0 Å². The standard InChI is InChI=1S/C14H27O.Ti/c1-4-7-10-14(13-15,11-8-5-2)12-9-6-3;/h4-12H2,1-3H3;. The van der Waals surface area contributed by atoms with Crippen molar-refractivity contribution in [3.8, 4) is 0 Å². The quantitative estimate of drug-likeness (QED) is 0.522. The van der Waals surface area contributed by atoms with E-state index in [-0.39, 0.29) is 27.1 Å². The van der Waals surface area contributed by atoms with Crippen LogP contribution in [-0.4, -0.2) is 6.29 Å². The fourth-order valence-corrected chi connectivity index (χ4v) is 2.07. The minimum absolute atomic E-state index is 0. The van der Waals surface area contributed by atoms with E-state index in [0.29, 0.717) is 0 Å². The van der Waals surface area contributed by atoms with E-state index in [9.17, 15) is 4.79 Å². The molecule has 0 aliphatic carbocycles. The zero-order valence-corrected chi connectivity index (χ0v) is 12.8. The molecule has 0 N–H and O–H groups in total. The molecule has 2 heteroatoms. The predicted octanol–water partition coefficient (Wildman–Crippen LogP) is 4.65. The summed E-state index contributed by atoms with van der Waals surface area (Å²) in [6.07, 6.45) is 12.6. The van der Waals surface area contributed by atoms with Crippen molar-refractivity contribution in [1.82, 2.24) is 0 Å². The smallest absolute Gasteiger partial charge is 0.205 e. The first kappa shape index (κ1) is 18.7. The van der Waals surface area contributed by atoms with Crippen molar-refractivity contribution >= 4 is 6.29 Å². The van der Waals surface area contributed by atoms with Crippen LogP contribution in [0.4, 0.5) is 0 Å². The second kappa shape index (κ2) is 11.9. The summed E-state index contributed by atoms with van der Waals surface area (Å²) in [6, 6.07) is 0. The Hall–Kier alpha value is 0.384. The normalized spacial score (nSPS) is 10.9. The molecule has 0 saturated carbocycles. The molecule has 0 rings (SSSR count). The summed E-state index contributed by atoms with van der Waals surface area (Å²) >= 11 is 0. The summed E-state index contributed by atoms with van der Waals surface area (Å²) in [5.74, 6) is 0. The van der Waals surface area contributed by atoms with E-state index in [1.165, 1.54) is 38.5 Å². The Morgan fingerprint density at radius 1 is 0.812 bits per heavy atom. The Morgan fingerprint density at radius 2 is 1.12 bits per heavy atom. The predicted molar refractivity (Wildman–Crippen MR) is 66.7 cm³/mol. The molecule has 0 saturated heterocycles. The number of rotatable bonds is 10. The second-order valence-corrected chi connectivity index (χ2v) is 4.69. The van der Waals surface area contributed by atoms with Crippen LogP contribution in [0.25, 0.3) is 0 Å². The van der Waals surface area contributed by atoms with E-state index in [1.54, 1.807) is 0 Å². The van der Waals surface area contributed by atoms with Crippen molar-refractivity contribution in [2.24, 2.45) is 5.41 Å². The number of unbranched alkanes of at least 4 members (excludes halogenated alkanes) is 3. The third-order valence-electron chi connectivity index (χ3n) is 3.24. The van der Waals surface area contributed by atoms with Gasteiger partial charge in [0.15, 0.2) is 0 Å². The summed E-state index contributed by atoms with van der Waals surface area (Å²) in [5, 5.41) is 0. The molecular formula is C14H27OTi. The monoisotopic (exact) mass is 259 g/mol. The fourth-order valence-electron chi connectivity index (χ4n) is 2.07. The average molecular weight is 259 g/mol. The van der Waals surface area contributed by atoms with Gasteiger partial charge in [0.1, 0.15) is 0 Å². The van der Waals surface area contributed by atoms with E-state index < -0.39 is 0 Å². The van der Waals surface area contributed by atoms with Gasteiger partial charge < -0.3 is 0 Å². The Bertz CT molecular complexity index is 135. The molecule has 0 aromatic carbocycles. The van der Waals surface area contributed by atoms with Crippen LogP contribution in [0, 0.1) is 5.41 Å². The molecule has 0 atom stereocenters. The van der Waals surface area contributed by atoms with Gasteiger partial charge in [0.05, 0.1) is 0 Å². The molecule has 0 aromatic rings. The van der Waals surface area contributed by atoms with Gasteiger partial charge in [-0.2, -0.15) is 0 Å². The van der Waals surface area contributed by atoms with Crippen LogP contribution in [0.15, 0.2) is 0 Å². The first-order valence-electron chi connectivity index (χ1n) is 6.64. The maximum absolute atomic E-state index is 11.2. The summed E-state index contributed by atoms with van der Waals surface area (Å²) < 4.78 is 0. The molecule has 1 radical (unpaired) electrons. The second-order valence-electron chi connectivity index (χ2n) is 4.69. The zero-order chi connectivity index (χ0) is 11.6. The molecule has 0 aliphatic rings. The van der Waals surface area contributed by atoms with Crippen molar-refractivity contribution in [3.05, 3.63) is 0 Å². The average Bonchev–Trinajstić information content (AvgIpc) is 2.29. The van der Waals surface area contributed by atoms with Gasteiger partial charge in [-0.3, -0.25) is 4.79 Å². The molecular weight excluding hydrogens is 232 g/mol. The van der Waals surface area contributed by atoms with Gasteiger partial charge >= 0.3 is 0 Å². The van der Waals surface area contributed by atoms with Crippen molar-refractivity contribution < 1.29 is 26.5 Å². The molecule has 0 heterocycles. The summed E-state index contributed by atoms with van der Waals surface area (Å²) in [5.41, 5.74) is -0.109. The van der Waals surface area contributed by atoms with Crippen LogP contribution in [0.1, 0.15) is 78.6 Å². The topological polar surface area (TPSA) is 17.1 Å². The maximum atomic E-state index is 11.2. The molecule has 0 fully saturated rings. The van der Waals surface area contributed by atoms with Gasteiger partial charge in [-0.15, -0.1) is 0 Å². The molecule has 0 aliphatic heterocycles. The first-order valence-corrected chi connectivity index (χ1v) is 6.64. The number of hydrogen-bond donors (Lipinski definition) is 0. The maximum Gasteiger partial charge on any atom is 0.205 e. The number of hydrogen-bond acceptors (Lipinski definition) is 1. The Balaban J connectivity index is 0. The molecule has 0 unspecified atom stereocenters. The first-order chi connectivity index (χ1) is 7.24. The van der Waals surface area contributed by atoms with E-state index in [2.05, 4.69) is 27.1 Å². The van der Waals surface area contributed by atoms with Gasteiger partial charge in [-0.05, 0) is 19.3 Å². The van der Waals surface area contributed by atoms with Crippen molar-refractivity contribution in [2.75, 3.05) is 0 Å². The molecule has 0 bridgehead atoms. The van der Waals surface area contributed by atoms with Crippen LogP contribution in [0.3, 0.4) is 0 Å².